The number of nitrogens with zero attached hydrogens (tertiary/aromatic N) is 1. The van der Waals surface area contributed by atoms with Gasteiger partial charge in [0.15, 0.2) is 0 Å². The quantitative estimate of drug-likeness (QED) is 0.751. The third-order valence-corrected chi connectivity index (χ3v) is 4.26. The first-order chi connectivity index (χ1) is 12.9. The maximum Gasteiger partial charge on any atom is 0.335 e. The Bertz CT molecular complexity index is 894. The Morgan fingerprint density at radius 2 is 1.81 bits per heavy atom. The zero-order chi connectivity index (χ0) is 19.6. The molecule has 0 bridgehead atoms. The Balaban J connectivity index is 1.81. The summed E-state index contributed by atoms with van der Waals surface area (Å²) in [5.74, 6) is -0.772. The Morgan fingerprint density at radius 1 is 1.11 bits per heavy atom. The van der Waals surface area contributed by atoms with Crippen LogP contribution in [0.2, 0.25) is 0 Å². The zero-order valence-electron chi connectivity index (χ0n) is 14.8. The molecule has 140 valence electrons. The molecule has 2 aromatic rings. The average Bonchev–Trinajstić information content (AvgIpc) is 2.95. The summed E-state index contributed by atoms with van der Waals surface area (Å²) in [4.78, 5) is 37.1. The fourth-order valence-electron chi connectivity index (χ4n) is 2.87. The van der Waals surface area contributed by atoms with Gasteiger partial charge in [-0.05, 0) is 36.4 Å². The highest BCUT2D eigenvalue weighted by molar-refractivity contribution is 6.23. The first kappa shape index (κ1) is 18.2. The summed E-state index contributed by atoms with van der Waals surface area (Å²) < 4.78 is 10.4. The molecule has 0 aliphatic carbocycles. The van der Waals surface area contributed by atoms with Gasteiger partial charge < -0.3 is 19.9 Å². The molecular weight excluding hydrogens is 352 g/mol. The number of nitrogens with one attached hydrogen (secondary N) is 1. The predicted octanol–water partition coefficient (Wildman–Crippen LogP) is 2.15. The standard InChI is InChI=1S/C19H18N2O6/c1-26-13-7-8-14(16(9-13)27-2)20-15-10-17(22)21(18(15)23)12-5-3-11(4-6-12)19(24)25/h3-9,15,20H,10H2,1-2H3,(H,24,25)/t15-/m0/s1. The highest BCUT2D eigenvalue weighted by Gasteiger charge is 2.39. The Hall–Kier alpha value is -3.55. The molecule has 0 saturated carbocycles. The number of carbonyl (C=O) groups excluding carboxylic acids is 2. The Morgan fingerprint density at radius 3 is 2.41 bits per heavy atom. The van der Waals surface area contributed by atoms with E-state index in [2.05, 4.69) is 5.32 Å². The van der Waals surface area contributed by atoms with Gasteiger partial charge >= 0.3 is 5.97 Å². The summed E-state index contributed by atoms with van der Waals surface area (Å²) in [7, 11) is 3.03. The van der Waals surface area contributed by atoms with Crippen molar-refractivity contribution in [2.45, 2.75) is 12.5 Å². The summed E-state index contributed by atoms with van der Waals surface area (Å²) in [5.41, 5.74) is 0.976. The lowest BCUT2D eigenvalue weighted by molar-refractivity contribution is -0.121. The predicted molar refractivity (Wildman–Crippen MR) is 97.5 cm³/mol. The van der Waals surface area contributed by atoms with Crippen LogP contribution in [0, 0.1) is 0 Å². The summed E-state index contributed by atoms with van der Waals surface area (Å²) in [6.07, 6.45) is -0.0191. The van der Waals surface area contributed by atoms with Crippen LogP contribution in [-0.4, -0.2) is 43.2 Å². The molecule has 2 amide bonds. The third kappa shape index (κ3) is 3.55. The lowest BCUT2D eigenvalue weighted by Gasteiger charge is -2.18. The number of benzene rings is 2. The van der Waals surface area contributed by atoms with Crippen LogP contribution in [0.25, 0.3) is 0 Å². The van der Waals surface area contributed by atoms with E-state index in [0.717, 1.165) is 4.90 Å². The highest BCUT2D eigenvalue weighted by atomic mass is 16.5. The van der Waals surface area contributed by atoms with Crippen molar-refractivity contribution >= 4 is 29.2 Å². The monoisotopic (exact) mass is 370 g/mol. The summed E-state index contributed by atoms with van der Waals surface area (Å²) >= 11 is 0. The molecule has 0 aromatic heterocycles. The lowest BCUT2D eigenvalue weighted by atomic mass is 10.2. The van der Waals surface area contributed by atoms with Crippen molar-refractivity contribution in [1.82, 2.24) is 0 Å². The fraction of sp³-hybridized carbons (Fsp3) is 0.211. The molecule has 0 spiro atoms. The first-order valence-electron chi connectivity index (χ1n) is 8.13. The Labute approximate surface area is 155 Å². The maximum atomic E-state index is 12.7. The second kappa shape index (κ2) is 7.36. The molecule has 0 radical (unpaired) electrons. The number of hydrogen-bond acceptors (Lipinski definition) is 6. The highest BCUT2D eigenvalue weighted by Crippen LogP contribution is 2.32. The van der Waals surface area contributed by atoms with Crippen molar-refractivity contribution in [1.29, 1.82) is 0 Å². The normalized spacial score (nSPS) is 16.4. The van der Waals surface area contributed by atoms with E-state index in [-0.39, 0.29) is 17.9 Å². The number of carboxylic acids is 1. The van der Waals surface area contributed by atoms with Gasteiger partial charge in [-0.3, -0.25) is 9.59 Å². The number of ether oxygens (including phenoxy) is 2. The van der Waals surface area contributed by atoms with Gasteiger partial charge in [0, 0.05) is 6.07 Å². The van der Waals surface area contributed by atoms with Crippen LogP contribution in [0.5, 0.6) is 11.5 Å². The Kier molecular flexibility index (Phi) is 4.98. The molecule has 1 atom stereocenters. The zero-order valence-corrected chi connectivity index (χ0v) is 14.8. The van der Waals surface area contributed by atoms with Crippen LogP contribution in [0.1, 0.15) is 16.8 Å². The number of rotatable bonds is 6. The number of amides is 2. The first-order valence-corrected chi connectivity index (χ1v) is 8.13. The molecule has 3 rings (SSSR count). The van der Waals surface area contributed by atoms with Gasteiger partial charge in [-0.25, -0.2) is 9.69 Å². The van der Waals surface area contributed by atoms with Gasteiger partial charge in [-0.2, -0.15) is 0 Å². The molecule has 1 aliphatic rings. The van der Waals surface area contributed by atoms with E-state index < -0.39 is 17.9 Å². The summed E-state index contributed by atoms with van der Waals surface area (Å²) in [6, 6.07) is 9.93. The van der Waals surface area contributed by atoms with Crippen molar-refractivity contribution in [2.24, 2.45) is 0 Å². The second-order valence-electron chi connectivity index (χ2n) is 5.89. The van der Waals surface area contributed by atoms with Crippen LogP contribution < -0.4 is 19.7 Å². The van der Waals surface area contributed by atoms with Crippen molar-refractivity contribution in [3.05, 3.63) is 48.0 Å². The van der Waals surface area contributed by atoms with E-state index in [4.69, 9.17) is 14.6 Å². The van der Waals surface area contributed by atoms with Crippen LogP contribution in [-0.2, 0) is 9.59 Å². The number of carbonyl (C=O) groups is 3. The number of imide groups is 1. The van der Waals surface area contributed by atoms with E-state index in [9.17, 15) is 14.4 Å². The number of aromatic carboxylic acids is 1. The molecular formula is C19H18N2O6. The van der Waals surface area contributed by atoms with Gasteiger partial charge in [0.2, 0.25) is 5.91 Å². The topological polar surface area (TPSA) is 105 Å². The molecule has 1 fully saturated rings. The molecule has 27 heavy (non-hydrogen) atoms. The van der Waals surface area contributed by atoms with Crippen LogP contribution in [0.4, 0.5) is 11.4 Å². The molecule has 2 aromatic carbocycles. The van der Waals surface area contributed by atoms with E-state index in [1.165, 1.54) is 38.5 Å². The van der Waals surface area contributed by atoms with Gasteiger partial charge in [0.1, 0.15) is 17.5 Å². The van der Waals surface area contributed by atoms with E-state index >= 15 is 0 Å². The minimum atomic E-state index is -1.08. The van der Waals surface area contributed by atoms with Crippen LogP contribution >= 0.6 is 0 Å². The molecule has 1 saturated heterocycles. The third-order valence-electron chi connectivity index (χ3n) is 4.26. The molecule has 2 N–H and O–H groups in total. The van der Waals surface area contributed by atoms with Crippen LogP contribution in [0.3, 0.4) is 0 Å². The van der Waals surface area contributed by atoms with E-state index in [0.29, 0.717) is 22.9 Å². The smallest absolute Gasteiger partial charge is 0.335 e. The minimum Gasteiger partial charge on any atom is -0.497 e. The van der Waals surface area contributed by atoms with Gasteiger partial charge in [0.25, 0.3) is 5.91 Å². The van der Waals surface area contributed by atoms with Gasteiger partial charge in [-0.15, -0.1) is 0 Å². The van der Waals surface area contributed by atoms with Crippen molar-refractivity contribution in [2.75, 3.05) is 24.4 Å². The van der Waals surface area contributed by atoms with Gasteiger partial charge in [-0.1, -0.05) is 0 Å². The number of anilines is 2. The second-order valence-corrected chi connectivity index (χ2v) is 5.89. The molecule has 1 aliphatic heterocycles. The maximum absolute atomic E-state index is 12.7. The van der Waals surface area contributed by atoms with Crippen molar-refractivity contribution in [3.8, 4) is 11.5 Å². The number of hydrogen-bond donors (Lipinski definition) is 2. The fourth-order valence-corrected chi connectivity index (χ4v) is 2.87. The molecule has 8 heteroatoms. The van der Waals surface area contributed by atoms with Crippen molar-refractivity contribution < 1.29 is 29.0 Å². The molecule has 0 unspecified atom stereocenters. The average molecular weight is 370 g/mol. The molecule has 1 heterocycles. The summed E-state index contributed by atoms with van der Waals surface area (Å²) in [6.45, 7) is 0. The lowest BCUT2D eigenvalue weighted by Crippen LogP contribution is -2.34. The number of carboxylic acid groups (broad SMARTS) is 1. The SMILES string of the molecule is COc1ccc(N[C@H]2CC(=O)N(c3ccc(C(=O)O)cc3)C2=O)c(OC)c1. The van der Waals surface area contributed by atoms with Gasteiger partial charge in [0.05, 0.1) is 37.6 Å². The van der Waals surface area contributed by atoms with Crippen molar-refractivity contribution in [3.63, 3.8) is 0 Å². The minimum absolute atomic E-state index is 0.0191. The number of methoxy groups -OCH3 is 2. The van der Waals surface area contributed by atoms with E-state index in [1.807, 2.05) is 0 Å². The summed E-state index contributed by atoms with van der Waals surface area (Å²) in [5, 5.41) is 12.0. The van der Waals surface area contributed by atoms with E-state index in [1.54, 1.807) is 18.2 Å². The van der Waals surface area contributed by atoms with Crippen LogP contribution in [0.15, 0.2) is 42.5 Å². The molecule has 8 nitrogen and oxygen atoms in total. The largest absolute Gasteiger partial charge is 0.497 e.